The lowest BCUT2D eigenvalue weighted by molar-refractivity contribution is 0.0519. The van der Waals surface area contributed by atoms with E-state index in [0.717, 1.165) is 6.20 Å². The molecule has 3 aromatic rings. The predicted octanol–water partition coefficient (Wildman–Crippen LogP) is 3.04. The maximum Gasteiger partial charge on any atom is 0.407 e. The molecular weight excluding hydrogens is 435 g/mol. The van der Waals surface area contributed by atoms with Gasteiger partial charge in [0.2, 0.25) is 5.88 Å². The molecule has 33 heavy (non-hydrogen) atoms. The number of carboxylic acid groups (broad SMARTS) is 1. The van der Waals surface area contributed by atoms with Crippen LogP contribution in [0.2, 0.25) is 0 Å². The molecule has 1 unspecified atom stereocenters. The quantitative estimate of drug-likeness (QED) is 0.433. The third kappa shape index (κ3) is 6.28. The molecule has 11 nitrogen and oxygen atoms in total. The van der Waals surface area contributed by atoms with Crippen LogP contribution in [-0.2, 0) is 4.74 Å². The highest BCUT2D eigenvalue weighted by Crippen LogP contribution is 2.26. The molecule has 3 aromatic heterocycles. The van der Waals surface area contributed by atoms with Crippen LogP contribution in [0.15, 0.2) is 30.7 Å². The molecule has 3 N–H and O–H groups in total. The number of nitrogens with zero attached hydrogens (tertiary/aromatic N) is 4. The molecule has 0 bridgehead atoms. The first-order chi connectivity index (χ1) is 15.5. The number of halogens is 1. The molecule has 1 atom stereocenters. The SMILES string of the molecule is CC(Nc1ccn2ncc(C(=O)O)c2n1)c1cc(F)cnc1OCCNC(=O)OC(C)(C)C. The van der Waals surface area contributed by atoms with E-state index in [-0.39, 0.29) is 30.2 Å². The van der Waals surface area contributed by atoms with Crippen LogP contribution < -0.4 is 15.4 Å². The Morgan fingerprint density at radius 3 is 2.76 bits per heavy atom. The van der Waals surface area contributed by atoms with Crippen LogP contribution in [0.1, 0.15) is 49.7 Å². The third-order valence-electron chi connectivity index (χ3n) is 4.28. The maximum atomic E-state index is 13.9. The van der Waals surface area contributed by atoms with E-state index in [1.165, 1.54) is 16.8 Å². The average molecular weight is 460 g/mol. The lowest BCUT2D eigenvalue weighted by Gasteiger charge is -2.20. The standard InChI is InChI=1S/C21H25FN6O5/c1-12(26-16-5-7-28-17(27-16)15(11-25-28)19(29)30)14-9-13(22)10-24-18(14)32-8-6-23-20(31)33-21(2,3)4/h5,7,9-12H,6,8H2,1-4H3,(H,23,31)(H,26,27)(H,29,30). The Balaban J connectivity index is 1.68. The lowest BCUT2D eigenvalue weighted by Crippen LogP contribution is -2.34. The van der Waals surface area contributed by atoms with Crippen LogP contribution in [0.25, 0.3) is 5.65 Å². The summed E-state index contributed by atoms with van der Waals surface area (Å²) < 4.78 is 26.0. The predicted molar refractivity (Wildman–Crippen MR) is 116 cm³/mol. The van der Waals surface area contributed by atoms with Gasteiger partial charge in [-0.05, 0) is 39.8 Å². The summed E-state index contributed by atoms with van der Waals surface area (Å²) in [5.41, 5.74) is -0.0698. The van der Waals surface area contributed by atoms with Gasteiger partial charge in [0.05, 0.1) is 25.0 Å². The minimum atomic E-state index is -1.15. The van der Waals surface area contributed by atoms with Gasteiger partial charge in [-0.1, -0.05) is 0 Å². The normalized spacial score (nSPS) is 12.3. The first kappa shape index (κ1) is 23.7. The summed E-state index contributed by atoms with van der Waals surface area (Å²) in [5, 5.41) is 18.9. The molecule has 0 aliphatic heterocycles. The van der Waals surface area contributed by atoms with Crippen molar-refractivity contribution in [3.8, 4) is 5.88 Å². The van der Waals surface area contributed by atoms with Crippen molar-refractivity contribution >= 4 is 23.5 Å². The van der Waals surface area contributed by atoms with Gasteiger partial charge in [-0.3, -0.25) is 0 Å². The molecule has 3 heterocycles. The van der Waals surface area contributed by atoms with Gasteiger partial charge in [0, 0.05) is 11.8 Å². The van der Waals surface area contributed by atoms with Gasteiger partial charge in [-0.25, -0.2) is 28.5 Å². The Kier molecular flexibility index (Phi) is 6.95. The second kappa shape index (κ2) is 9.67. The molecule has 0 radical (unpaired) electrons. The Hall–Kier alpha value is -3.96. The number of ether oxygens (including phenoxy) is 2. The number of carboxylic acids is 1. The fourth-order valence-electron chi connectivity index (χ4n) is 2.89. The molecule has 1 amide bonds. The van der Waals surface area contributed by atoms with Crippen LogP contribution in [0.4, 0.5) is 15.0 Å². The zero-order valence-electron chi connectivity index (χ0n) is 18.6. The smallest absolute Gasteiger partial charge is 0.407 e. The highest BCUT2D eigenvalue weighted by atomic mass is 19.1. The number of pyridine rings is 1. The summed E-state index contributed by atoms with van der Waals surface area (Å²) in [6.07, 6.45) is 3.23. The number of anilines is 1. The number of hydrogen-bond acceptors (Lipinski definition) is 8. The molecule has 176 valence electrons. The van der Waals surface area contributed by atoms with Crippen LogP contribution in [0.3, 0.4) is 0 Å². The van der Waals surface area contributed by atoms with Gasteiger partial charge in [0.1, 0.15) is 29.4 Å². The second-order valence-electron chi connectivity index (χ2n) is 8.14. The Bertz CT molecular complexity index is 1160. The van der Waals surface area contributed by atoms with Gasteiger partial charge < -0.3 is 25.2 Å². The highest BCUT2D eigenvalue weighted by molar-refractivity contribution is 5.94. The van der Waals surface area contributed by atoms with Crippen LogP contribution >= 0.6 is 0 Å². The summed E-state index contributed by atoms with van der Waals surface area (Å²) in [5.74, 6) is -1.16. The molecule has 0 saturated carbocycles. The minimum Gasteiger partial charge on any atom is -0.477 e. The number of carbonyl (C=O) groups is 2. The van der Waals surface area contributed by atoms with E-state index in [2.05, 4.69) is 25.7 Å². The maximum absolute atomic E-state index is 13.9. The van der Waals surface area contributed by atoms with Crippen molar-refractivity contribution in [3.05, 3.63) is 47.7 Å². The molecule has 0 saturated heterocycles. The van der Waals surface area contributed by atoms with E-state index in [9.17, 15) is 19.1 Å². The Morgan fingerprint density at radius 1 is 1.30 bits per heavy atom. The van der Waals surface area contributed by atoms with Crippen molar-refractivity contribution in [2.75, 3.05) is 18.5 Å². The van der Waals surface area contributed by atoms with Gasteiger partial charge in [0.15, 0.2) is 5.65 Å². The van der Waals surface area contributed by atoms with Crippen molar-refractivity contribution in [2.45, 2.75) is 39.3 Å². The van der Waals surface area contributed by atoms with E-state index in [1.54, 1.807) is 40.0 Å². The minimum absolute atomic E-state index is 0.0414. The van der Waals surface area contributed by atoms with Crippen LogP contribution in [-0.4, -0.2) is 55.5 Å². The fourth-order valence-corrected chi connectivity index (χ4v) is 2.89. The summed E-state index contributed by atoms with van der Waals surface area (Å²) >= 11 is 0. The van der Waals surface area contributed by atoms with Crippen molar-refractivity contribution in [3.63, 3.8) is 0 Å². The highest BCUT2D eigenvalue weighted by Gasteiger charge is 2.18. The molecule has 0 aromatic carbocycles. The zero-order chi connectivity index (χ0) is 24.2. The van der Waals surface area contributed by atoms with E-state index in [0.29, 0.717) is 11.4 Å². The first-order valence-corrected chi connectivity index (χ1v) is 10.1. The van der Waals surface area contributed by atoms with Crippen LogP contribution in [0.5, 0.6) is 5.88 Å². The van der Waals surface area contributed by atoms with Gasteiger partial charge in [0.25, 0.3) is 0 Å². The number of hydrogen-bond donors (Lipinski definition) is 3. The number of carbonyl (C=O) groups excluding carboxylic acids is 1. The first-order valence-electron chi connectivity index (χ1n) is 10.1. The summed E-state index contributed by atoms with van der Waals surface area (Å²) in [6.45, 7) is 7.27. The summed E-state index contributed by atoms with van der Waals surface area (Å²) in [7, 11) is 0. The van der Waals surface area contributed by atoms with E-state index in [1.807, 2.05) is 0 Å². The van der Waals surface area contributed by atoms with Crippen molar-refractivity contribution < 1.29 is 28.6 Å². The zero-order valence-corrected chi connectivity index (χ0v) is 18.6. The van der Waals surface area contributed by atoms with Gasteiger partial charge in [-0.2, -0.15) is 5.10 Å². The molecule has 0 fully saturated rings. The van der Waals surface area contributed by atoms with Gasteiger partial charge >= 0.3 is 12.1 Å². The Morgan fingerprint density at radius 2 is 2.06 bits per heavy atom. The van der Waals surface area contributed by atoms with Crippen LogP contribution in [0, 0.1) is 5.82 Å². The number of amides is 1. The molecular formula is C21H25FN6O5. The van der Waals surface area contributed by atoms with E-state index in [4.69, 9.17) is 9.47 Å². The molecule has 3 rings (SSSR count). The third-order valence-corrected chi connectivity index (χ3v) is 4.28. The van der Waals surface area contributed by atoms with Crippen molar-refractivity contribution in [2.24, 2.45) is 0 Å². The summed E-state index contributed by atoms with van der Waals surface area (Å²) in [6, 6.07) is 2.40. The summed E-state index contributed by atoms with van der Waals surface area (Å²) in [4.78, 5) is 31.3. The molecule has 0 spiro atoms. The molecule has 0 aliphatic carbocycles. The number of rotatable bonds is 8. The fraction of sp³-hybridized carbons (Fsp3) is 0.381. The number of fused-ring (bicyclic) bond motifs is 1. The lowest BCUT2D eigenvalue weighted by atomic mass is 10.1. The topological polar surface area (TPSA) is 140 Å². The molecule has 0 aliphatic rings. The number of aromatic nitrogens is 4. The van der Waals surface area contributed by atoms with Crippen molar-refractivity contribution in [1.29, 1.82) is 0 Å². The van der Waals surface area contributed by atoms with E-state index < -0.39 is 29.5 Å². The second-order valence-corrected chi connectivity index (χ2v) is 8.14. The number of alkyl carbamates (subject to hydrolysis) is 1. The van der Waals surface area contributed by atoms with Gasteiger partial charge in [-0.15, -0.1) is 0 Å². The Labute approximate surface area is 188 Å². The average Bonchev–Trinajstić information content (AvgIpc) is 3.14. The van der Waals surface area contributed by atoms with Crippen molar-refractivity contribution in [1.82, 2.24) is 24.9 Å². The number of aromatic carboxylic acids is 1. The van der Waals surface area contributed by atoms with E-state index >= 15 is 0 Å². The molecule has 12 heteroatoms. The number of nitrogens with one attached hydrogen (secondary N) is 2. The largest absolute Gasteiger partial charge is 0.477 e. The monoisotopic (exact) mass is 460 g/mol.